The van der Waals surface area contributed by atoms with Crippen molar-refractivity contribution in [1.29, 1.82) is 0 Å². The Kier molecular flexibility index (Phi) is 7.25. The molecule has 1 aromatic heterocycles. The highest BCUT2D eigenvalue weighted by Gasteiger charge is 2.33. The first-order valence-corrected chi connectivity index (χ1v) is 10.6. The minimum Gasteiger partial charge on any atom is -0.497 e. The van der Waals surface area contributed by atoms with Crippen molar-refractivity contribution in [3.8, 4) is 17.4 Å². The molecule has 1 amide bonds. The number of rotatable bonds is 6. The molecular weight excluding hydrogens is 396 g/mol. The summed E-state index contributed by atoms with van der Waals surface area (Å²) in [5.41, 5.74) is 0.510. The molecule has 7 heteroatoms. The van der Waals surface area contributed by atoms with E-state index in [1.165, 1.54) is 0 Å². The third-order valence-electron chi connectivity index (χ3n) is 5.03. The largest absolute Gasteiger partial charge is 0.497 e. The summed E-state index contributed by atoms with van der Waals surface area (Å²) in [6.45, 7) is 8.54. The van der Waals surface area contributed by atoms with Crippen molar-refractivity contribution in [3.63, 3.8) is 0 Å². The van der Waals surface area contributed by atoms with Crippen LogP contribution in [0.1, 0.15) is 46.1 Å². The fourth-order valence-corrected chi connectivity index (χ4v) is 3.35. The van der Waals surface area contributed by atoms with Crippen LogP contribution in [0.2, 0.25) is 0 Å². The molecule has 0 bridgehead atoms. The second kappa shape index (κ2) is 9.90. The van der Waals surface area contributed by atoms with Crippen molar-refractivity contribution in [2.24, 2.45) is 0 Å². The van der Waals surface area contributed by atoms with Gasteiger partial charge in [-0.3, -0.25) is 0 Å². The molecule has 1 aliphatic heterocycles. The molecule has 2 aromatic rings. The molecule has 0 spiro atoms. The van der Waals surface area contributed by atoms with Gasteiger partial charge in [0.1, 0.15) is 29.8 Å². The molecular formula is C24H32N2O5. The number of amides is 1. The maximum atomic E-state index is 12.5. The molecule has 1 fully saturated rings. The lowest BCUT2D eigenvalue weighted by Gasteiger charge is -2.38. The standard InChI is InChI=1S/C24H32N2O5/c1-17-6-9-21(15-26(17)23(27)31-24(2,3)4)30-22-14-20(12-13-25-22)29-16-18-7-10-19(28-5)11-8-18/h7-8,10-14,17,21H,6,9,15-16H2,1-5H3/t17-,21-/m1/s1. The van der Waals surface area contributed by atoms with Gasteiger partial charge < -0.3 is 23.8 Å². The third-order valence-corrected chi connectivity index (χ3v) is 5.03. The summed E-state index contributed by atoms with van der Waals surface area (Å²) in [6.07, 6.45) is 2.90. The van der Waals surface area contributed by atoms with Crippen molar-refractivity contribution >= 4 is 6.09 Å². The molecule has 1 saturated heterocycles. The van der Waals surface area contributed by atoms with Gasteiger partial charge in [0.2, 0.25) is 5.88 Å². The number of piperidine rings is 1. The molecule has 2 heterocycles. The highest BCUT2D eigenvalue weighted by molar-refractivity contribution is 5.68. The Labute approximate surface area is 184 Å². The number of hydrogen-bond acceptors (Lipinski definition) is 6. The monoisotopic (exact) mass is 428 g/mol. The highest BCUT2D eigenvalue weighted by Crippen LogP contribution is 2.25. The second-order valence-electron chi connectivity index (χ2n) is 8.77. The first-order chi connectivity index (χ1) is 14.7. The molecule has 2 atom stereocenters. The number of aromatic nitrogens is 1. The average Bonchev–Trinajstić information content (AvgIpc) is 2.73. The molecule has 0 saturated carbocycles. The highest BCUT2D eigenvalue weighted by atomic mass is 16.6. The van der Waals surface area contributed by atoms with Crippen molar-refractivity contribution in [3.05, 3.63) is 48.2 Å². The summed E-state index contributed by atoms with van der Waals surface area (Å²) in [4.78, 5) is 18.6. The van der Waals surface area contributed by atoms with Gasteiger partial charge in [0.25, 0.3) is 0 Å². The number of nitrogens with zero attached hydrogens (tertiary/aromatic N) is 2. The number of hydrogen-bond donors (Lipinski definition) is 0. The van der Waals surface area contributed by atoms with Gasteiger partial charge in [0, 0.05) is 18.3 Å². The molecule has 3 rings (SSSR count). The van der Waals surface area contributed by atoms with Gasteiger partial charge in [-0.05, 0) is 64.3 Å². The number of methoxy groups -OCH3 is 1. The van der Waals surface area contributed by atoms with Gasteiger partial charge in [-0.1, -0.05) is 12.1 Å². The van der Waals surface area contributed by atoms with Crippen LogP contribution in [-0.2, 0) is 11.3 Å². The van der Waals surface area contributed by atoms with Crippen LogP contribution in [-0.4, -0.2) is 47.4 Å². The molecule has 0 aliphatic carbocycles. The van der Waals surface area contributed by atoms with Gasteiger partial charge in [0.05, 0.1) is 13.7 Å². The summed E-state index contributed by atoms with van der Waals surface area (Å²) < 4.78 is 22.7. The number of benzene rings is 1. The van der Waals surface area contributed by atoms with Gasteiger partial charge >= 0.3 is 6.09 Å². The minimum atomic E-state index is -0.526. The smallest absolute Gasteiger partial charge is 0.410 e. The Morgan fingerprint density at radius 1 is 1.13 bits per heavy atom. The van der Waals surface area contributed by atoms with Gasteiger partial charge in [-0.25, -0.2) is 9.78 Å². The Bertz CT molecular complexity index is 863. The van der Waals surface area contributed by atoms with E-state index in [1.807, 2.05) is 52.0 Å². The third kappa shape index (κ3) is 6.77. The van der Waals surface area contributed by atoms with Crippen LogP contribution in [0.4, 0.5) is 4.79 Å². The lowest BCUT2D eigenvalue weighted by molar-refractivity contribution is -0.00602. The first-order valence-electron chi connectivity index (χ1n) is 10.6. The zero-order valence-corrected chi connectivity index (χ0v) is 19.0. The molecule has 0 radical (unpaired) electrons. The summed E-state index contributed by atoms with van der Waals surface area (Å²) in [7, 11) is 1.64. The summed E-state index contributed by atoms with van der Waals surface area (Å²) >= 11 is 0. The van der Waals surface area contributed by atoms with Crippen LogP contribution in [0, 0.1) is 0 Å². The maximum absolute atomic E-state index is 12.5. The zero-order chi connectivity index (χ0) is 22.4. The van der Waals surface area contributed by atoms with Crippen LogP contribution in [0.3, 0.4) is 0 Å². The van der Waals surface area contributed by atoms with Crippen molar-refractivity contribution in [2.75, 3.05) is 13.7 Å². The summed E-state index contributed by atoms with van der Waals surface area (Å²) in [5.74, 6) is 1.97. The Balaban J connectivity index is 1.57. The van der Waals surface area contributed by atoms with Crippen LogP contribution in [0.5, 0.6) is 17.4 Å². The summed E-state index contributed by atoms with van der Waals surface area (Å²) in [5, 5.41) is 0. The van der Waals surface area contributed by atoms with Crippen molar-refractivity contribution < 1.29 is 23.7 Å². The van der Waals surface area contributed by atoms with Gasteiger partial charge in [-0.2, -0.15) is 0 Å². The van der Waals surface area contributed by atoms with E-state index in [-0.39, 0.29) is 18.2 Å². The molecule has 7 nitrogen and oxygen atoms in total. The van der Waals surface area contributed by atoms with Crippen LogP contribution in [0.15, 0.2) is 42.6 Å². The van der Waals surface area contributed by atoms with E-state index in [1.54, 1.807) is 30.3 Å². The van der Waals surface area contributed by atoms with E-state index < -0.39 is 5.60 Å². The van der Waals surface area contributed by atoms with Gasteiger partial charge in [-0.15, -0.1) is 0 Å². The van der Waals surface area contributed by atoms with E-state index in [9.17, 15) is 4.79 Å². The second-order valence-corrected chi connectivity index (χ2v) is 8.77. The van der Waals surface area contributed by atoms with Crippen LogP contribution in [0.25, 0.3) is 0 Å². The predicted molar refractivity (Wildman–Crippen MR) is 118 cm³/mol. The first kappa shape index (κ1) is 22.7. The molecule has 1 aromatic carbocycles. The number of carbonyl (C=O) groups excluding carboxylic acids is 1. The number of likely N-dealkylation sites (tertiary alicyclic amines) is 1. The number of carbonyl (C=O) groups is 1. The number of ether oxygens (including phenoxy) is 4. The topological polar surface area (TPSA) is 70.1 Å². The normalized spacial score (nSPS) is 18.9. The van der Waals surface area contributed by atoms with E-state index >= 15 is 0 Å². The van der Waals surface area contributed by atoms with E-state index in [0.717, 1.165) is 24.2 Å². The Morgan fingerprint density at radius 2 is 1.87 bits per heavy atom. The van der Waals surface area contributed by atoms with E-state index in [0.29, 0.717) is 24.8 Å². The zero-order valence-electron chi connectivity index (χ0n) is 19.0. The van der Waals surface area contributed by atoms with E-state index in [4.69, 9.17) is 18.9 Å². The fourth-order valence-electron chi connectivity index (χ4n) is 3.35. The Hall–Kier alpha value is -2.96. The van der Waals surface area contributed by atoms with Crippen LogP contribution < -0.4 is 14.2 Å². The summed E-state index contributed by atoms with van der Waals surface area (Å²) in [6, 6.07) is 11.4. The van der Waals surface area contributed by atoms with Crippen molar-refractivity contribution in [1.82, 2.24) is 9.88 Å². The number of pyridine rings is 1. The lowest BCUT2D eigenvalue weighted by Crippen LogP contribution is -2.50. The molecule has 0 N–H and O–H groups in total. The molecule has 1 aliphatic rings. The van der Waals surface area contributed by atoms with Gasteiger partial charge in [0.15, 0.2) is 0 Å². The SMILES string of the molecule is COc1ccc(COc2ccnc(O[C@@H]3CC[C@@H](C)N(C(=O)OC(C)(C)C)C3)c2)cc1. The maximum Gasteiger partial charge on any atom is 0.410 e. The minimum absolute atomic E-state index is 0.113. The molecule has 168 valence electrons. The van der Waals surface area contributed by atoms with Crippen LogP contribution >= 0.6 is 0 Å². The molecule has 0 unspecified atom stereocenters. The lowest BCUT2D eigenvalue weighted by atomic mass is 10.0. The average molecular weight is 429 g/mol. The van der Waals surface area contributed by atoms with E-state index in [2.05, 4.69) is 4.98 Å². The quantitative estimate of drug-likeness (QED) is 0.656. The predicted octanol–water partition coefficient (Wildman–Crippen LogP) is 4.84. The van der Waals surface area contributed by atoms with Crippen molar-refractivity contribution in [2.45, 2.75) is 64.9 Å². The Morgan fingerprint density at radius 3 is 2.55 bits per heavy atom. The molecule has 31 heavy (non-hydrogen) atoms. The fraction of sp³-hybridized carbons (Fsp3) is 0.500.